The molecule has 4 aliphatic rings. The molecule has 1 aromatic carbocycles. The molecular weight excluding hydrogens is 360 g/mol. The van der Waals surface area contributed by atoms with Gasteiger partial charge < -0.3 is 9.84 Å². The van der Waals surface area contributed by atoms with Crippen LogP contribution < -0.4 is 4.74 Å². The van der Waals surface area contributed by atoms with Gasteiger partial charge >= 0.3 is 0 Å². The minimum absolute atomic E-state index is 0.0690. The van der Waals surface area contributed by atoms with Gasteiger partial charge in [-0.2, -0.15) is 0 Å². The first-order valence-electron chi connectivity index (χ1n) is 11.7. The van der Waals surface area contributed by atoms with E-state index in [0.29, 0.717) is 35.4 Å². The third kappa shape index (κ3) is 2.83. The van der Waals surface area contributed by atoms with Crippen LogP contribution in [0.15, 0.2) is 24.3 Å². The molecular formula is C26H36O3. The van der Waals surface area contributed by atoms with E-state index < -0.39 is 0 Å². The predicted octanol–water partition coefficient (Wildman–Crippen LogP) is 5.36. The lowest BCUT2D eigenvalue weighted by atomic mass is 9.42. The van der Waals surface area contributed by atoms with Crippen LogP contribution in [0.3, 0.4) is 0 Å². The second-order valence-corrected chi connectivity index (χ2v) is 11.0. The lowest BCUT2D eigenvalue weighted by Crippen LogP contribution is -2.56. The molecule has 1 aromatic rings. The van der Waals surface area contributed by atoms with Gasteiger partial charge in [0.1, 0.15) is 11.5 Å². The van der Waals surface area contributed by atoms with Crippen LogP contribution in [0.2, 0.25) is 0 Å². The van der Waals surface area contributed by atoms with E-state index in [9.17, 15) is 9.90 Å². The van der Waals surface area contributed by atoms with Crippen LogP contribution >= 0.6 is 0 Å². The quantitative estimate of drug-likeness (QED) is 0.732. The molecule has 3 nitrogen and oxygen atoms in total. The van der Waals surface area contributed by atoms with Crippen molar-refractivity contribution in [3.05, 3.63) is 29.8 Å². The molecule has 4 saturated carbocycles. The van der Waals surface area contributed by atoms with Crippen LogP contribution in [0, 0.1) is 34.5 Å². The van der Waals surface area contributed by atoms with Crippen molar-refractivity contribution < 1.29 is 14.6 Å². The molecule has 0 saturated heterocycles. The number of ether oxygens (including phenoxy) is 1. The molecule has 4 aliphatic carbocycles. The molecule has 0 radical (unpaired) electrons. The van der Waals surface area contributed by atoms with Crippen molar-refractivity contribution in [2.75, 3.05) is 7.11 Å². The fraction of sp³-hybridized carbons (Fsp3) is 0.731. The Hall–Kier alpha value is -1.35. The Bertz CT molecular complexity index is 786. The van der Waals surface area contributed by atoms with Gasteiger partial charge in [-0.05, 0) is 96.6 Å². The summed E-state index contributed by atoms with van der Waals surface area (Å²) in [7, 11) is 1.72. The SMILES string of the molecule is COc1ccc(C2CC3CC(=O)CC[C@]3(C)[C@@H]3CC[C@]4(C)C(O)CC[C@H]4[C@H]23)cc1. The fourth-order valence-electron chi connectivity index (χ4n) is 8.23. The van der Waals surface area contributed by atoms with Gasteiger partial charge in [-0.1, -0.05) is 26.0 Å². The monoisotopic (exact) mass is 396 g/mol. The largest absolute Gasteiger partial charge is 0.497 e. The highest BCUT2D eigenvalue weighted by atomic mass is 16.5. The highest BCUT2D eigenvalue weighted by molar-refractivity contribution is 5.79. The molecule has 3 heteroatoms. The Morgan fingerprint density at radius 2 is 1.72 bits per heavy atom. The summed E-state index contributed by atoms with van der Waals surface area (Å²) < 4.78 is 5.40. The summed E-state index contributed by atoms with van der Waals surface area (Å²) in [5, 5.41) is 10.9. The Morgan fingerprint density at radius 3 is 2.45 bits per heavy atom. The van der Waals surface area contributed by atoms with E-state index in [0.717, 1.165) is 50.7 Å². The molecule has 1 N–H and O–H groups in total. The number of aliphatic hydroxyl groups excluding tert-OH is 1. The number of aliphatic hydroxyl groups is 1. The maximum absolute atomic E-state index is 12.4. The molecule has 0 aromatic heterocycles. The molecule has 8 atom stereocenters. The number of rotatable bonds is 2. The molecule has 158 valence electrons. The molecule has 0 bridgehead atoms. The summed E-state index contributed by atoms with van der Waals surface area (Å²) in [5.41, 5.74) is 1.77. The van der Waals surface area contributed by atoms with Gasteiger partial charge in [0, 0.05) is 12.8 Å². The smallest absolute Gasteiger partial charge is 0.133 e. The number of benzene rings is 1. The predicted molar refractivity (Wildman–Crippen MR) is 114 cm³/mol. The first-order valence-corrected chi connectivity index (χ1v) is 11.7. The standard InChI is InChI=1S/C26H36O3/c1-25-12-10-18(27)14-17(25)15-20(16-4-6-19(29-3)7-5-16)24-21-8-9-23(28)26(21,2)13-11-22(24)25/h4-7,17,20-24,28H,8-15H2,1-3H3/t17?,20?,21-,22+,23?,24-,25-,26-/m0/s1. The summed E-state index contributed by atoms with van der Waals surface area (Å²) in [6.45, 7) is 4.86. The summed E-state index contributed by atoms with van der Waals surface area (Å²) >= 11 is 0. The maximum atomic E-state index is 12.4. The van der Waals surface area contributed by atoms with Gasteiger partial charge in [-0.3, -0.25) is 4.79 Å². The van der Waals surface area contributed by atoms with Crippen molar-refractivity contribution in [1.82, 2.24) is 0 Å². The minimum Gasteiger partial charge on any atom is -0.497 e. The van der Waals surface area contributed by atoms with E-state index in [-0.39, 0.29) is 16.9 Å². The third-order valence-corrected chi connectivity index (χ3v) is 10.0. The Labute approximate surface area is 175 Å². The maximum Gasteiger partial charge on any atom is 0.133 e. The number of hydrogen-bond acceptors (Lipinski definition) is 3. The van der Waals surface area contributed by atoms with Crippen LogP contribution in [-0.2, 0) is 4.79 Å². The lowest BCUT2D eigenvalue weighted by molar-refractivity contribution is -0.146. The zero-order valence-corrected chi connectivity index (χ0v) is 18.2. The summed E-state index contributed by atoms with van der Waals surface area (Å²) in [6.07, 6.45) is 8.06. The van der Waals surface area contributed by atoms with Crippen molar-refractivity contribution in [1.29, 1.82) is 0 Å². The van der Waals surface area contributed by atoms with Gasteiger partial charge in [-0.25, -0.2) is 0 Å². The highest BCUT2D eigenvalue weighted by Gasteiger charge is 2.62. The topological polar surface area (TPSA) is 46.5 Å². The first kappa shape index (κ1) is 19.6. The normalized spacial score (nSPS) is 46.6. The average Bonchev–Trinajstić information content (AvgIpc) is 3.03. The van der Waals surface area contributed by atoms with E-state index in [1.807, 2.05) is 0 Å². The van der Waals surface area contributed by atoms with Crippen LogP contribution in [0.5, 0.6) is 5.75 Å². The van der Waals surface area contributed by atoms with Crippen LogP contribution in [0.4, 0.5) is 0 Å². The molecule has 0 spiro atoms. The van der Waals surface area contributed by atoms with Gasteiger partial charge in [0.25, 0.3) is 0 Å². The molecule has 3 unspecified atom stereocenters. The number of fused-ring (bicyclic) bond motifs is 5. The molecule has 0 amide bonds. The average molecular weight is 397 g/mol. The van der Waals surface area contributed by atoms with Gasteiger partial charge in [0.2, 0.25) is 0 Å². The Morgan fingerprint density at radius 1 is 1.00 bits per heavy atom. The molecule has 0 heterocycles. The summed E-state index contributed by atoms with van der Waals surface area (Å²) in [5.74, 6) is 4.26. The molecule has 0 aliphatic heterocycles. The highest BCUT2D eigenvalue weighted by Crippen LogP contribution is 2.68. The zero-order chi connectivity index (χ0) is 20.4. The van der Waals surface area contributed by atoms with Crippen molar-refractivity contribution in [3.63, 3.8) is 0 Å². The summed E-state index contributed by atoms with van der Waals surface area (Å²) in [4.78, 5) is 12.4. The van der Waals surface area contributed by atoms with Gasteiger partial charge in [0.05, 0.1) is 13.2 Å². The second-order valence-electron chi connectivity index (χ2n) is 11.0. The van der Waals surface area contributed by atoms with E-state index >= 15 is 0 Å². The number of Topliss-reactive ketones (excluding diaryl/α,β-unsaturated/α-hetero) is 1. The zero-order valence-electron chi connectivity index (χ0n) is 18.2. The van der Waals surface area contributed by atoms with E-state index in [1.54, 1.807) is 7.11 Å². The number of ketones is 1. The van der Waals surface area contributed by atoms with Crippen molar-refractivity contribution in [2.24, 2.45) is 34.5 Å². The van der Waals surface area contributed by atoms with Crippen LogP contribution in [-0.4, -0.2) is 24.1 Å². The van der Waals surface area contributed by atoms with Gasteiger partial charge in [0.15, 0.2) is 0 Å². The number of hydrogen-bond donors (Lipinski definition) is 1. The summed E-state index contributed by atoms with van der Waals surface area (Å²) in [6, 6.07) is 8.70. The second kappa shape index (κ2) is 6.83. The first-order chi connectivity index (χ1) is 13.9. The minimum atomic E-state index is -0.150. The third-order valence-electron chi connectivity index (χ3n) is 10.0. The van der Waals surface area contributed by atoms with Gasteiger partial charge in [-0.15, -0.1) is 0 Å². The molecule has 4 fully saturated rings. The van der Waals surface area contributed by atoms with Crippen LogP contribution in [0.1, 0.15) is 76.7 Å². The molecule has 5 rings (SSSR count). The van der Waals surface area contributed by atoms with Crippen LogP contribution in [0.25, 0.3) is 0 Å². The number of carbonyl (C=O) groups is 1. The van der Waals surface area contributed by atoms with E-state index in [2.05, 4.69) is 38.1 Å². The lowest BCUT2D eigenvalue weighted by Gasteiger charge is -2.62. The van der Waals surface area contributed by atoms with Crippen molar-refractivity contribution >= 4 is 5.78 Å². The Kier molecular flexibility index (Phi) is 4.62. The number of carbonyl (C=O) groups excluding carboxylic acids is 1. The van der Waals surface area contributed by atoms with Crippen molar-refractivity contribution in [3.8, 4) is 5.75 Å². The van der Waals surface area contributed by atoms with E-state index in [1.165, 1.54) is 12.0 Å². The number of methoxy groups -OCH3 is 1. The fourth-order valence-corrected chi connectivity index (χ4v) is 8.23. The molecule has 29 heavy (non-hydrogen) atoms. The van der Waals surface area contributed by atoms with Crippen molar-refractivity contribution in [2.45, 2.75) is 77.2 Å². The Balaban J connectivity index is 1.57. The van der Waals surface area contributed by atoms with E-state index in [4.69, 9.17) is 4.74 Å².